The lowest BCUT2D eigenvalue weighted by Gasteiger charge is -2.40. The van der Waals surface area contributed by atoms with Crippen molar-refractivity contribution in [2.45, 2.75) is 38.0 Å². The van der Waals surface area contributed by atoms with Gasteiger partial charge in [-0.3, -0.25) is 9.69 Å². The van der Waals surface area contributed by atoms with Crippen LogP contribution in [-0.4, -0.2) is 69.7 Å². The van der Waals surface area contributed by atoms with Gasteiger partial charge in [0.15, 0.2) is 11.0 Å². The molecule has 1 aromatic heterocycles. The summed E-state index contributed by atoms with van der Waals surface area (Å²) in [6.45, 7) is 10.9. The Hall–Kier alpha value is -1.61. The van der Waals surface area contributed by atoms with Gasteiger partial charge in [-0.15, -0.1) is 10.2 Å². The Kier molecular flexibility index (Phi) is 7.56. The summed E-state index contributed by atoms with van der Waals surface area (Å²) in [7, 11) is 0. The van der Waals surface area contributed by atoms with E-state index in [1.165, 1.54) is 11.8 Å². The average Bonchev–Trinajstić information content (AvgIpc) is 3.15. The van der Waals surface area contributed by atoms with Gasteiger partial charge in [-0.25, -0.2) is 0 Å². The molecule has 0 spiro atoms. The Balaban J connectivity index is 1.55. The van der Waals surface area contributed by atoms with Gasteiger partial charge in [0.25, 0.3) is 0 Å². The van der Waals surface area contributed by atoms with E-state index in [1.807, 2.05) is 35.8 Å². The molecule has 0 aliphatic carbocycles. The first kappa shape index (κ1) is 22.1. The molecule has 1 N–H and O–H groups in total. The van der Waals surface area contributed by atoms with Gasteiger partial charge in [0.05, 0.1) is 19.0 Å². The predicted molar refractivity (Wildman–Crippen MR) is 116 cm³/mol. The maximum absolute atomic E-state index is 12.4. The van der Waals surface area contributed by atoms with Crippen LogP contribution in [0.2, 0.25) is 5.02 Å². The molecule has 0 atom stereocenters. The molecule has 1 aliphatic heterocycles. The Morgan fingerprint density at radius 2 is 1.93 bits per heavy atom. The third-order valence-electron chi connectivity index (χ3n) is 5.05. The minimum absolute atomic E-state index is 0.00460. The van der Waals surface area contributed by atoms with E-state index in [0.29, 0.717) is 17.3 Å². The molecule has 0 radical (unpaired) electrons. The molecule has 1 aromatic carbocycles. The van der Waals surface area contributed by atoms with Crippen molar-refractivity contribution in [3.05, 3.63) is 29.3 Å². The van der Waals surface area contributed by atoms with E-state index in [2.05, 4.69) is 34.3 Å². The number of amides is 1. The number of hydrogen-bond donors (Lipinski definition) is 1. The number of carbonyl (C=O) groups is 1. The number of rotatable bonds is 8. The van der Waals surface area contributed by atoms with Gasteiger partial charge in [0.1, 0.15) is 0 Å². The number of hydrogen-bond acceptors (Lipinski definition) is 6. The zero-order chi connectivity index (χ0) is 20.9. The van der Waals surface area contributed by atoms with E-state index in [1.54, 1.807) is 0 Å². The molecule has 2 aromatic rings. The van der Waals surface area contributed by atoms with Gasteiger partial charge < -0.3 is 14.6 Å². The van der Waals surface area contributed by atoms with Gasteiger partial charge in [0.2, 0.25) is 5.91 Å². The Bertz CT molecular complexity index is 819. The van der Waals surface area contributed by atoms with Gasteiger partial charge in [-0.2, -0.15) is 0 Å². The summed E-state index contributed by atoms with van der Waals surface area (Å²) in [5.41, 5.74) is 0.849. The lowest BCUT2D eigenvalue weighted by Crippen LogP contribution is -2.55. The number of carbonyl (C=O) groups excluding carboxylic acids is 1. The average molecular weight is 438 g/mol. The van der Waals surface area contributed by atoms with E-state index in [4.69, 9.17) is 16.3 Å². The van der Waals surface area contributed by atoms with Gasteiger partial charge in [0, 0.05) is 42.3 Å². The molecule has 1 amide bonds. The highest BCUT2D eigenvalue weighted by Gasteiger charge is 2.28. The number of ether oxygens (including phenoxy) is 1. The maximum Gasteiger partial charge on any atom is 0.230 e. The fourth-order valence-corrected chi connectivity index (χ4v) is 4.23. The first-order chi connectivity index (χ1) is 13.9. The molecule has 29 heavy (non-hydrogen) atoms. The molecule has 0 saturated carbocycles. The molecular formula is C20H28ClN5O2S. The lowest BCUT2D eigenvalue weighted by atomic mass is 10.0. The number of thioether (sulfide) groups is 1. The third-order valence-corrected chi connectivity index (χ3v) is 6.27. The number of nitrogens with one attached hydrogen (secondary N) is 1. The van der Waals surface area contributed by atoms with Gasteiger partial charge in [-0.1, -0.05) is 23.4 Å². The maximum atomic E-state index is 12.4. The highest BCUT2D eigenvalue weighted by atomic mass is 35.5. The third kappa shape index (κ3) is 5.72. The minimum atomic E-state index is -0.102. The summed E-state index contributed by atoms with van der Waals surface area (Å²) in [6.07, 6.45) is 0. The number of halogens is 1. The summed E-state index contributed by atoms with van der Waals surface area (Å²) in [5.74, 6) is 1.08. The van der Waals surface area contributed by atoms with Crippen LogP contribution in [0.5, 0.6) is 0 Å². The molecule has 1 saturated heterocycles. The topological polar surface area (TPSA) is 72.3 Å². The first-order valence-electron chi connectivity index (χ1n) is 9.82. The SMILES string of the molecule is CCn1c(SCC(=O)NCC(C)(C)N2CCOCC2)nnc1-c1ccc(Cl)cc1. The van der Waals surface area contributed by atoms with Crippen molar-refractivity contribution in [3.63, 3.8) is 0 Å². The van der Waals surface area contributed by atoms with Crippen LogP contribution in [0.25, 0.3) is 11.4 Å². The molecule has 158 valence electrons. The Morgan fingerprint density at radius 1 is 1.24 bits per heavy atom. The van der Waals surface area contributed by atoms with Crippen molar-refractivity contribution in [1.29, 1.82) is 0 Å². The zero-order valence-corrected chi connectivity index (χ0v) is 18.7. The van der Waals surface area contributed by atoms with E-state index in [0.717, 1.165) is 49.4 Å². The van der Waals surface area contributed by atoms with E-state index in [-0.39, 0.29) is 11.4 Å². The van der Waals surface area contributed by atoms with E-state index >= 15 is 0 Å². The summed E-state index contributed by atoms with van der Waals surface area (Å²) >= 11 is 7.38. The predicted octanol–water partition coefficient (Wildman–Crippen LogP) is 2.94. The van der Waals surface area contributed by atoms with Crippen molar-refractivity contribution >= 4 is 29.3 Å². The lowest BCUT2D eigenvalue weighted by molar-refractivity contribution is -0.119. The molecule has 0 bridgehead atoms. The van der Waals surface area contributed by atoms with Crippen LogP contribution in [0.4, 0.5) is 0 Å². The first-order valence-corrected chi connectivity index (χ1v) is 11.2. The highest BCUT2D eigenvalue weighted by molar-refractivity contribution is 7.99. The van der Waals surface area contributed by atoms with Gasteiger partial charge in [-0.05, 0) is 45.0 Å². The van der Waals surface area contributed by atoms with Crippen molar-refractivity contribution in [2.24, 2.45) is 0 Å². The molecular weight excluding hydrogens is 410 g/mol. The number of nitrogens with zero attached hydrogens (tertiary/aromatic N) is 4. The van der Waals surface area contributed by atoms with Crippen LogP contribution in [0, 0.1) is 0 Å². The largest absolute Gasteiger partial charge is 0.379 e. The van der Waals surface area contributed by atoms with Crippen molar-refractivity contribution in [2.75, 3.05) is 38.6 Å². The van der Waals surface area contributed by atoms with Crippen LogP contribution >= 0.6 is 23.4 Å². The van der Waals surface area contributed by atoms with Crippen molar-refractivity contribution < 1.29 is 9.53 Å². The second kappa shape index (κ2) is 9.93. The van der Waals surface area contributed by atoms with Crippen molar-refractivity contribution in [1.82, 2.24) is 25.0 Å². The number of benzene rings is 1. The summed E-state index contributed by atoms with van der Waals surface area (Å²) in [4.78, 5) is 14.8. The fraction of sp³-hybridized carbons (Fsp3) is 0.550. The second-order valence-corrected chi connectivity index (χ2v) is 8.91. The molecule has 7 nitrogen and oxygen atoms in total. The van der Waals surface area contributed by atoms with Crippen LogP contribution in [0.1, 0.15) is 20.8 Å². The standard InChI is InChI=1S/C20H28ClN5O2S/c1-4-26-18(15-5-7-16(21)8-6-15)23-24-19(26)29-13-17(27)22-14-20(2,3)25-9-11-28-12-10-25/h5-8H,4,9-14H2,1-3H3,(H,22,27). The zero-order valence-electron chi connectivity index (χ0n) is 17.2. The summed E-state index contributed by atoms with van der Waals surface area (Å²) in [6, 6.07) is 7.52. The van der Waals surface area contributed by atoms with Crippen LogP contribution in [0.15, 0.2) is 29.4 Å². The molecule has 0 unspecified atom stereocenters. The Morgan fingerprint density at radius 3 is 2.59 bits per heavy atom. The fourth-order valence-electron chi connectivity index (χ4n) is 3.27. The smallest absolute Gasteiger partial charge is 0.230 e. The number of aromatic nitrogens is 3. The summed E-state index contributed by atoms with van der Waals surface area (Å²) in [5, 5.41) is 13.1. The van der Waals surface area contributed by atoms with Crippen LogP contribution in [-0.2, 0) is 16.1 Å². The molecule has 3 rings (SSSR count). The Labute approximate surface area is 181 Å². The molecule has 1 fully saturated rings. The van der Waals surface area contributed by atoms with Crippen LogP contribution < -0.4 is 5.32 Å². The summed E-state index contributed by atoms with van der Waals surface area (Å²) < 4.78 is 7.43. The highest BCUT2D eigenvalue weighted by Crippen LogP contribution is 2.25. The van der Waals surface area contributed by atoms with E-state index < -0.39 is 0 Å². The number of morpholine rings is 1. The molecule has 9 heteroatoms. The minimum Gasteiger partial charge on any atom is -0.379 e. The van der Waals surface area contributed by atoms with E-state index in [9.17, 15) is 4.79 Å². The monoisotopic (exact) mass is 437 g/mol. The molecule has 1 aliphatic rings. The molecule has 2 heterocycles. The second-order valence-electron chi connectivity index (χ2n) is 7.53. The quantitative estimate of drug-likeness (QED) is 0.640. The van der Waals surface area contributed by atoms with Crippen molar-refractivity contribution in [3.8, 4) is 11.4 Å². The normalized spacial score (nSPS) is 15.4. The van der Waals surface area contributed by atoms with Crippen LogP contribution in [0.3, 0.4) is 0 Å². The van der Waals surface area contributed by atoms with Gasteiger partial charge >= 0.3 is 0 Å².